The molecule has 10 aromatic rings. The van der Waals surface area contributed by atoms with Crippen molar-refractivity contribution in [3.8, 4) is 11.1 Å². The maximum Gasteiger partial charge on any atom is 0.235 e. The second-order valence-corrected chi connectivity index (χ2v) is 15.0. The van der Waals surface area contributed by atoms with Crippen molar-refractivity contribution in [2.45, 2.75) is 19.3 Å². The molecule has 0 N–H and O–H groups in total. The van der Waals surface area contributed by atoms with Gasteiger partial charge in [0, 0.05) is 44.7 Å². The highest BCUT2D eigenvalue weighted by molar-refractivity contribution is 6.28. The minimum atomic E-state index is -0.108. The van der Waals surface area contributed by atoms with Crippen LogP contribution in [0.3, 0.4) is 0 Å². The predicted molar refractivity (Wildman–Crippen MR) is 230 cm³/mol. The SMILES string of the molecule is CC1(C)c2ccccc2-c2c(N(c3ccccc3)c3ccc4ccc5c(N(c6ccccc6)c6ncc7ccccc7n6)ccc6ccc3c4c65)cccc21. The Balaban J connectivity index is 1.18. The van der Waals surface area contributed by atoms with E-state index < -0.39 is 0 Å². The number of hydrogen-bond acceptors (Lipinski definition) is 4. The zero-order valence-electron chi connectivity index (χ0n) is 30.6. The molecule has 1 heterocycles. The zero-order valence-corrected chi connectivity index (χ0v) is 30.6. The van der Waals surface area contributed by atoms with Gasteiger partial charge in [-0.05, 0) is 86.8 Å². The molecule has 0 atom stereocenters. The van der Waals surface area contributed by atoms with Gasteiger partial charge < -0.3 is 4.90 Å². The quantitative estimate of drug-likeness (QED) is 0.161. The van der Waals surface area contributed by atoms with E-state index in [-0.39, 0.29) is 5.41 Å². The summed E-state index contributed by atoms with van der Waals surface area (Å²) < 4.78 is 0. The highest BCUT2D eigenvalue weighted by Crippen LogP contribution is 2.55. The third kappa shape index (κ3) is 4.71. The van der Waals surface area contributed by atoms with Gasteiger partial charge in [0.2, 0.25) is 5.95 Å². The summed E-state index contributed by atoms with van der Waals surface area (Å²) in [6.07, 6.45) is 1.92. The number of hydrogen-bond donors (Lipinski definition) is 0. The van der Waals surface area contributed by atoms with Gasteiger partial charge in [-0.1, -0.05) is 141 Å². The van der Waals surface area contributed by atoms with Gasteiger partial charge in [0.05, 0.1) is 22.6 Å². The third-order valence-electron chi connectivity index (χ3n) is 11.6. The molecule has 0 saturated carbocycles. The number of aromatic nitrogens is 2. The van der Waals surface area contributed by atoms with E-state index in [1.54, 1.807) is 0 Å². The number of rotatable bonds is 6. The number of para-hydroxylation sites is 3. The fraction of sp³-hybridized carbons (Fsp3) is 0.0588. The third-order valence-corrected chi connectivity index (χ3v) is 11.6. The normalized spacial score (nSPS) is 13.1. The Morgan fingerprint density at radius 1 is 0.436 bits per heavy atom. The maximum absolute atomic E-state index is 5.10. The molecule has 4 nitrogen and oxygen atoms in total. The van der Waals surface area contributed by atoms with Crippen molar-refractivity contribution < 1.29 is 0 Å². The van der Waals surface area contributed by atoms with Crippen LogP contribution in [0.15, 0.2) is 182 Å². The Morgan fingerprint density at radius 3 is 1.71 bits per heavy atom. The van der Waals surface area contributed by atoms with Gasteiger partial charge in [-0.2, -0.15) is 0 Å². The van der Waals surface area contributed by atoms with E-state index in [0.717, 1.165) is 39.0 Å². The summed E-state index contributed by atoms with van der Waals surface area (Å²) in [5, 5.41) is 8.25. The van der Waals surface area contributed by atoms with E-state index in [9.17, 15) is 0 Å². The van der Waals surface area contributed by atoms with Crippen LogP contribution in [0.4, 0.5) is 34.4 Å². The monoisotopic (exact) mass is 704 g/mol. The molecule has 9 aromatic carbocycles. The van der Waals surface area contributed by atoms with Gasteiger partial charge in [0.1, 0.15) is 0 Å². The minimum Gasteiger partial charge on any atom is -0.309 e. The fourth-order valence-electron chi connectivity index (χ4n) is 9.08. The first-order valence-electron chi connectivity index (χ1n) is 18.9. The van der Waals surface area contributed by atoms with Crippen molar-refractivity contribution in [3.05, 3.63) is 193 Å². The Kier molecular flexibility index (Phi) is 6.86. The van der Waals surface area contributed by atoms with Crippen LogP contribution in [-0.4, -0.2) is 9.97 Å². The van der Waals surface area contributed by atoms with Crippen LogP contribution in [0.5, 0.6) is 0 Å². The maximum atomic E-state index is 5.10. The highest BCUT2D eigenvalue weighted by Gasteiger charge is 2.38. The second kappa shape index (κ2) is 12.0. The standard InChI is InChI=1S/C51H36N4/c1-51(2)41-20-11-10-19-38(41)49-42(51)21-13-23-46(49)54(36-15-5-3-6-16-36)44-30-26-33-25-29-40-45(31-27-34-24-28-39(44)47(33)48(34)40)55(37-17-7-4-8-18-37)50-52-32-35-14-9-12-22-43(35)53-50/h3-32H,1-2H3. The van der Waals surface area contributed by atoms with E-state index in [1.807, 2.05) is 18.3 Å². The molecule has 0 aliphatic heterocycles. The average Bonchev–Trinajstić information content (AvgIpc) is 3.48. The van der Waals surface area contributed by atoms with E-state index in [2.05, 4.69) is 187 Å². The van der Waals surface area contributed by atoms with Crippen molar-refractivity contribution in [2.24, 2.45) is 0 Å². The van der Waals surface area contributed by atoms with Crippen LogP contribution < -0.4 is 9.80 Å². The summed E-state index contributed by atoms with van der Waals surface area (Å²) >= 11 is 0. The van der Waals surface area contributed by atoms with Crippen molar-refractivity contribution in [1.82, 2.24) is 9.97 Å². The molecule has 1 aromatic heterocycles. The molecule has 0 fully saturated rings. The van der Waals surface area contributed by atoms with E-state index >= 15 is 0 Å². The molecule has 1 aliphatic rings. The summed E-state index contributed by atoms with van der Waals surface area (Å²) in [6.45, 7) is 4.70. The van der Waals surface area contributed by atoms with Crippen LogP contribution in [0.25, 0.3) is 54.3 Å². The molecule has 0 bridgehead atoms. The van der Waals surface area contributed by atoms with Crippen molar-refractivity contribution in [3.63, 3.8) is 0 Å². The van der Waals surface area contributed by atoms with Crippen LogP contribution in [0.1, 0.15) is 25.0 Å². The Hall–Kier alpha value is -7.04. The topological polar surface area (TPSA) is 32.3 Å². The molecule has 0 radical (unpaired) electrons. The second-order valence-electron chi connectivity index (χ2n) is 15.0. The van der Waals surface area contributed by atoms with Crippen LogP contribution in [0.2, 0.25) is 0 Å². The van der Waals surface area contributed by atoms with Crippen molar-refractivity contribution >= 4 is 77.6 Å². The molecule has 55 heavy (non-hydrogen) atoms. The van der Waals surface area contributed by atoms with Gasteiger partial charge in [-0.15, -0.1) is 0 Å². The Bertz CT molecular complexity index is 3080. The number of anilines is 6. The molecule has 1 aliphatic carbocycles. The van der Waals surface area contributed by atoms with E-state index in [4.69, 9.17) is 9.97 Å². The largest absolute Gasteiger partial charge is 0.309 e. The molecular formula is C51H36N4. The van der Waals surface area contributed by atoms with Gasteiger partial charge >= 0.3 is 0 Å². The Labute approximate surface area is 319 Å². The minimum absolute atomic E-state index is 0.108. The number of nitrogens with zero attached hydrogens (tertiary/aromatic N) is 4. The lowest BCUT2D eigenvalue weighted by Gasteiger charge is -2.30. The molecule has 0 saturated heterocycles. The van der Waals surface area contributed by atoms with Gasteiger partial charge in [0.25, 0.3) is 0 Å². The molecular weight excluding hydrogens is 669 g/mol. The summed E-state index contributed by atoms with van der Waals surface area (Å²) in [4.78, 5) is 14.7. The van der Waals surface area contributed by atoms with Gasteiger partial charge in [-0.25, -0.2) is 9.97 Å². The molecule has 0 amide bonds. The van der Waals surface area contributed by atoms with Crippen molar-refractivity contribution in [2.75, 3.05) is 9.80 Å². The summed E-state index contributed by atoms with van der Waals surface area (Å²) in [5.74, 6) is 0.636. The first-order chi connectivity index (χ1) is 27.1. The zero-order chi connectivity index (χ0) is 36.7. The molecule has 11 rings (SSSR count). The smallest absolute Gasteiger partial charge is 0.235 e. The van der Waals surface area contributed by atoms with Gasteiger partial charge in [0.15, 0.2) is 0 Å². The molecule has 0 unspecified atom stereocenters. The average molecular weight is 705 g/mol. The Morgan fingerprint density at radius 2 is 1.00 bits per heavy atom. The van der Waals surface area contributed by atoms with E-state index in [1.165, 1.54) is 54.9 Å². The highest BCUT2D eigenvalue weighted by atomic mass is 15.3. The van der Waals surface area contributed by atoms with Gasteiger partial charge in [-0.3, -0.25) is 4.90 Å². The molecule has 4 heteroatoms. The first kappa shape index (κ1) is 31.5. The van der Waals surface area contributed by atoms with Crippen LogP contribution in [0, 0.1) is 0 Å². The van der Waals surface area contributed by atoms with Crippen molar-refractivity contribution in [1.29, 1.82) is 0 Å². The summed E-state index contributed by atoms with van der Waals surface area (Å²) in [6, 6.07) is 63.4. The van der Waals surface area contributed by atoms with Crippen LogP contribution in [-0.2, 0) is 5.41 Å². The van der Waals surface area contributed by atoms with Crippen LogP contribution >= 0.6 is 0 Å². The summed E-state index contributed by atoms with van der Waals surface area (Å²) in [7, 11) is 0. The first-order valence-corrected chi connectivity index (χ1v) is 18.9. The lowest BCUT2D eigenvalue weighted by atomic mass is 9.82. The van der Waals surface area contributed by atoms with E-state index in [0.29, 0.717) is 5.95 Å². The predicted octanol–water partition coefficient (Wildman–Crippen LogP) is 13.8. The number of fused-ring (bicyclic) bond motifs is 4. The summed E-state index contributed by atoms with van der Waals surface area (Å²) in [5.41, 5.74) is 11.6. The lowest BCUT2D eigenvalue weighted by Crippen LogP contribution is -2.16. The number of benzene rings is 9. The molecule has 260 valence electrons. The molecule has 0 spiro atoms. The lowest BCUT2D eigenvalue weighted by molar-refractivity contribution is 0.660. The fourth-order valence-corrected chi connectivity index (χ4v) is 9.08.